The van der Waals surface area contributed by atoms with Crippen molar-refractivity contribution >= 4 is 29.5 Å². The molecule has 180 valence electrons. The molecular weight excluding hydrogens is 454 g/mol. The molecule has 36 heavy (non-hydrogen) atoms. The molecule has 0 saturated carbocycles. The van der Waals surface area contributed by atoms with Crippen molar-refractivity contribution in [1.82, 2.24) is 25.2 Å². The predicted octanol–water partition coefficient (Wildman–Crippen LogP) is 3.70. The van der Waals surface area contributed by atoms with E-state index < -0.39 is 11.6 Å². The van der Waals surface area contributed by atoms with Crippen LogP contribution in [0, 0.1) is 6.92 Å². The van der Waals surface area contributed by atoms with Crippen LogP contribution in [0.4, 0.5) is 22.4 Å². The van der Waals surface area contributed by atoms with Crippen molar-refractivity contribution in [2.45, 2.75) is 25.4 Å². The highest BCUT2D eigenvalue weighted by Gasteiger charge is 2.52. The van der Waals surface area contributed by atoms with Crippen LogP contribution in [0.25, 0.3) is 0 Å². The molecule has 0 bridgehead atoms. The number of amides is 3. The molecule has 4 N–H and O–H groups in total. The number of hydrogen-bond donors (Lipinski definition) is 3. The van der Waals surface area contributed by atoms with E-state index in [2.05, 4.69) is 25.6 Å². The monoisotopic (exact) mass is 479 g/mol. The predicted molar refractivity (Wildman–Crippen MR) is 136 cm³/mol. The Bertz CT molecular complexity index is 1410. The number of nitrogens with two attached hydrogens (primary N) is 1. The van der Waals surface area contributed by atoms with Crippen LogP contribution in [-0.4, -0.2) is 31.8 Å². The lowest BCUT2D eigenvalue weighted by Gasteiger charge is -2.27. The van der Waals surface area contributed by atoms with Crippen LogP contribution in [0.2, 0.25) is 0 Å². The molecule has 9 nitrogen and oxygen atoms in total. The molecule has 0 spiro atoms. The number of nitrogen functional groups attached to an aromatic ring is 1. The zero-order chi connectivity index (χ0) is 25.1. The summed E-state index contributed by atoms with van der Waals surface area (Å²) in [7, 11) is 0. The number of anilines is 3. The number of carbonyl (C=O) groups is 2. The second-order valence-corrected chi connectivity index (χ2v) is 8.63. The maximum Gasteiger partial charge on any atom is 0.325 e. The van der Waals surface area contributed by atoms with Crippen molar-refractivity contribution in [2.24, 2.45) is 0 Å². The maximum absolute atomic E-state index is 13.9. The van der Waals surface area contributed by atoms with E-state index in [0.717, 1.165) is 21.7 Å². The Kier molecular flexibility index (Phi) is 6.03. The number of nitrogens with zero attached hydrogens (tertiary/aromatic N) is 4. The van der Waals surface area contributed by atoms with Gasteiger partial charge in [0.05, 0.1) is 6.54 Å². The fourth-order valence-electron chi connectivity index (χ4n) is 4.35. The number of carbonyl (C=O) groups excluding carboxylic acids is 2. The second kappa shape index (κ2) is 9.46. The number of para-hydroxylation sites is 1. The van der Waals surface area contributed by atoms with Crippen molar-refractivity contribution in [3.63, 3.8) is 0 Å². The molecular formula is C27H25N7O2. The molecule has 0 radical (unpaired) electrons. The van der Waals surface area contributed by atoms with Gasteiger partial charge in [-0.2, -0.15) is 15.0 Å². The van der Waals surface area contributed by atoms with E-state index in [0.29, 0.717) is 12.0 Å². The van der Waals surface area contributed by atoms with Crippen LogP contribution in [0.15, 0.2) is 84.9 Å². The van der Waals surface area contributed by atoms with Gasteiger partial charge >= 0.3 is 6.03 Å². The smallest absolute Gasteiger partial charge is 0.325 e. The van der Waals surface area contributed by atoms with Gasteiger partial charge in [0.2, 0.25) is 11.9 Å². The first-order chi connectivity index (χ1) is 17.4. The highest BCUT2D eigenvalue weighted by molar-refractivity contribution is 6.07. The van der Waals surface area contributed by atoms with Gasteiger partial charge < -0.3 is 16.4 Å². The Morgan fingerprint density at radius 1 is 0.889 bits per heavy atom. The van der Waals surface area contributed by atoms with E-state index in [-0.39, 0.29) is 30.2 Å². The zero-order valence-corrected chi connectivity index (χ0v) is 19.7. The van der Waals surface area contributed by atoms with Crippen molar-refractivity contribution in [3.05, 3.63) is 107 Å². The molecule has 1 aliphatic rings. The first-order valence-electron chi connectivity index (χ1n) is 11.5. The Balaban J connectivity index is 1.45. The summed E-state index contributed by atoms with van der Waals surface area (Å²) in [4.78, 5) is 40.9. The van der Waals surface area contributed by atoms with E-state index in [4.69, 9.17) is 5.73 Å². The van der Waals surface area contributed by atoms with E-state index in [1.807, 2.05) is 91.9 Å². The molecule has 1 aromatic heterocycles. The molecule has 3 amide bonds. The molecule has 1 aliphatic heterocycles. The van der Waals surface area contributed by atoms with Crippen LogP contribution in [0.3, 0.4) is 0 Å². The van der Waals surface area contributed by atoms with E-state index >= 15 is 0 Å². The Hall–Kier alpha value is -4.79. The number of nitrogens with one attached hydrogen (secondary N) is 2. The van der Waals surface area contributed by atoms with Gasteiger partial charge in [0.1, 0.15) is 0 Å². The average molecular weight is 480 g/mol. The highest BCUT2D eigenvalue weighted by atomic mass is 16.2. The Morgan fingerprint density at radius 3 is 2.28 bits per heavy atom. The minimum atomic E-state index is -1.25. The van der Waals surface area contributed by atoms with Crippen molar-refractivity contribution < 1.29 is 9.59 Å². The number of benzene rings is 3. The lowest BCUT2D eigenvalue weighted by atomic mass is 9.83. The van der Waals surface area contributed by atoms with Gasteiger partial charge in [-0.25, -0.2) is 4.79 Å². The van der Waals surface area contributed by atoms with Gasteiger partial charge in [-0.05, 0) is 29.7 Å². The van der Waals surface area contributed by atoms with Gasteiger partial charge in [0, 0.05) is 12.1 Å². The summed E-state index contributed by atoms with van der Waals surface area (Å²) in [6, 6.07) is 26.0. The SMILES string of the molecule is Cc1ccccc1Nc1nc(N)nc(CN2C(=O)NC(Cc3ccccc3)(c3ccccc3)C2=O)n1. The largest absolute Gasteiger partial charge is 0.368 e. The van der Waals surface area contributed by atoms with E-state index in [1.165, 1.54) is 0 Å². The first kappa shape index (κ1) is 23.0. The van der Waals surface area contributed by atoms with Gasteiger partial charge in [0.15, 0.2) is 11.4 Å². The van der Waals surface area contributed by atoms with Crippen LogP contribution in [0.5, 0.6) is 0 Å². The standard InChI is InChI=1S/C27H25N7O2/c1-18-10-8-9-15-21(18)29-25-31-22(30-24(28)32-25)17-34-23(35)27(33-26(34)36,20-13-6-3-7-14-20)16-19-11-4-2-5-12-19/h2-15H,16-17H2,1H3,(H,33,36)(H3,28,29,30,31,32). The first-order valence-corrected chi connectivity index (χ1v) is 11.5. The lowest BCUT2D eigenvalue weighted by Crippen LogP contribution is -2.46. The van der Waals surface area contributed by atoms with Gasteiger partial charge in [-0.1, -0.05) is 78.9 Å². The molecule has 1 atom stereocenters. The highest BCUT2D eigenvalue weighted by Crippen LogP contribution is 2.33. The zero-order valence-electron chi connectivity index (χ0n) is 19.7. The molecule has 4 aromatic rings. The summed E-state index contributed by atoms with van der Waals surface area (Å²) in [5.41, 5.74) is 8.12. The molecule has 3 aromatic carbocycles. The molecule has 1 unspecified atom stereocenters. The molecule has 1 fully saturated rings. The maximum atomic E-state index is 13.9. The average Bonchev–Trinajstić information content (AvgIpc) is 3.11. The van der Waals surface area contributed by atoms with Crippen LogP contribution < -0.4 is 16.4 Å². The molecule has 9 heteroatoms. The van der Waals surface area contributed by atoms with Crippen molar-refractivity contribution in [1.29, 1.82) is 0 Å². The second-order valence-electron chi connectivity index (χ2n) is 8.63. The minimum Gasteiger partial charge on any atom is -0.368 e. The third kappa shape index (κ3) is 4.46. The van der Waals surface area contributed by atoms with Gasteiger partial charge in [0.25, 0.3) is 5.91 Å². The van der Waals surface area contributed by atoms with Crippen LogP contribution in [0.1, 0.15) is 22.5 Å². The number of aryl methyl sites for hydroxylation is 1. The quantitative estimate of drug-likeness (QED) is 0.345. The van der Waals surface area contributed by atoms with Crippen molar-refractivity contribution in [2.75, 3.05) is 11.1 Å². The van der Waals surface area contributed by atoms with E-state index in [9.17, 15) is 9.59 Å². The summed E-state index contributed by atoms with van der Waals surface area (Å²) in [6.45, 7) is 1.81. The topological polar surface area (TPSA) is 126 Å². The summed E-state index contributed by atoms with van der Waals surface area (Å²) >= 11 is 0. The molecule has 2 heterocycles. The van der Waals surface area contributed by atoms with Crippen LogP contribution >= 0.6 is 0 Å². The van der Waals surface area contributed by atoms with Gasteiger partial charge in [-0.3, -0.25) is 9.69 Å². The third-order valence-corrected chi connectivity index (χ3v) is 6.14. The Labute approximate surface area is 208 Å². The molecule has 0 aliphatic carbocycles. The fourth-order valence-corrected chi connectivity index (χ4v) is 4.35. The molecule has 5 rings (SSSR count). The summed E-state index contributed by atoms with van der Waals surface area (Å²) < 4.78 is 0. The lowest BCUT2D eigenvalue weighted by molar-refractivity contribution is -0.132. The number of urea groups is 1. The third-order valence-electron chi connectivity index (χ3n) is 6.14. The van der Waals surface area contributed by atoms with Crippen LogP contribution in [-0.2, 0) is 23.3 Å². The number of imide groups is 1. The summed E-state index contributed by atoms with van der Waals surface area (Å²) in [5.74, 6) is 0.0415. The Morgan fingerprint density at radius 2 is 1.56 bits per heavy atom. The number of hydrogen-bond acceptors (Lipinski definition) is 7. The van der Waals surface area contributed by atoms with E-state index in [1.54, 1.807) is 0 Å². The summed E-state index contributed by atoms with van der Waals surface area (Å²) in [5, 5.41) is 6.08. The number of aromatic nitrogens is 3. The van der Waals surface area contributed by atoms with Gasteiger partial charge in [-0.15, -0.1) is 0 Å². The minimum absolute atomic E-state index is 0.0123. The fraction of sp³-hybridized carbons (Fsp3) is 0.148. The van der Waals surface area contributed by atoms with Crippen molar-refractivity contribution in [3.8, 4) is 0 Å². The summed E-state index contributed by atoms with van der Waals surface area (Å²) in [6.07, 6.45) is 0.304. The normalized spacial score (nSPS) is 17.2. The molecule has 1 saturated heterocycles. The number of rotatable bonds is 7.